The van der Waals surface area contributed by atoms with Crippen LogP contribution in [0, 0.1) is 5.82 Å². The van der Waals surface area contributed by atoms with Crippen LogP contribution in [-0.2, 0) is 10.3 Å². The van der Waals surface area contributed by atoms with Crippen molar-refractivity contribution >= 4 is 23.2 Å². The Hall–Kier alpha value is -3.28. The fourth-order valence-electron chi connectivity index (χ4n) is 3.67. The maximum absolute atomic E-state index is 14.6. The first-order chi connectivity index (χ1) is 15.1. The number of aromatic nitrogens is 2. The molecule has 3 heterocycles. The zero-order chi connectivity index (χ0) is 23.1. The third-order valence-electron chi connectivity index (χ3n) is 5.40. The molecular weight excluding hydrogens is 432 g/mol. The Morgan fingerprint density at radius 2 is 2.03 bits per heavy atom. The fraction of sp³-hybridized carbons (Fsp3) is 0.400. The van der Waals surface area contributed by atoms with E-state index in [0.717, 1.165) is 38.6 Å². The second-order valence-electron chi connectivity index (χ2n) is 7.73. The molecule has 3 N–H and O–H groups in total. The lowest BCUT2D eigenvalue weighted by molar-refractivity contribution is -0.238. The third kappa shape index (κ3) is 4.09. The molecule has 1 amide bonds. The Morgan fingerprint density at radius 1 is 1.28 bits per heavy atom. The van der Waals surface area contributed by atoms with Crippen LogP contribution in [0.2, 0.25) is 0 Å². The number of anilines is 2. The van der Waals surface area contributed by atoms with E-state index in [1.807, 2.05) is 4.90 Å². The van der Waals surface area contributed by atoms with Crippen molar-refractivity contribution in [3.8, 4) is 0 Å². The summed E-state index contributed by atoms with van der Waals surface area (Å²) in [6.07, 6.45) is -3.41. The van der Waals surface area contributed by atoms with Crippen molar-refractivity contribution in [2.24, 2.45) is 10.7 Å². The number of hydrogen-bond acceptors (Lipinski definition) is 7. The summed E-state index contributed by atoms with van der Waals surface area (Å²) < 4.78 is 60.3. The SMILES string of the molecule is C[C@]1(c2cc(NC(=O)c3cnc(N4CCC4)cn3)ccc2F)N=C(N)CO[C@H]1C(F)(F)F. The number of carbonyl (C=O) groups is 1. The van der Waals surface area contributed by atoms with Crippen LogP contribution < -0.4 is 16.0 Å². The number of hydrogen-bond donors (Lipinski definition) is 2. The van der Waals surface area contributed by atoms with Crippen molar-refractivity contribution in [3.05, 3.63) is 47.7 Å². The number of ether oxygens (including phenoxy) is 1. The molecule has 2 aliphatic heterocycles. The van der Waals surface area contributed by atoms with Crippen molar-refractivity contribution in [2.75, 3.05) is 29.9 Å². The monoisotopic (exact) mass is 452 g/mol. The summed E-state index contributed by atoms with van der Waals surface area (Å²) in [5, 5.41) is 2.50. The topological polar surface area (TPSA) is 106 Å². The van der Waals surface area contributed by atoms with E-state index in [-0.39, 0.29) is 17.2 Å². The molecule has 0 unspecified atom stereocenters. The van der Waals surface area contributed by atoms with Crippen LogP contribution in [0.25, 0.3) is 0 Å². The van der Waals surface area contributed by atoms with Crippen LogP contribution in [0.3, 0.4) is 0 Å². The summed E-state index contributed by atoms with van der Waals surface area (Å²) in [6, 6.07) is 3.25. The number of rotatable bonds is 4. The summed E-state index contributed by atoms with van der Waals surface area (Å²) in [6.45, 7) is 2.30. The number of carbonyl (C=O) groups excluding carboxylic acids is 1. The van der Waals surface area contributed by atoms with Crippen molar-refractivity contribution in [1.82, 2.24) is 9.97 Å². The van der Waals surface area contributed by atoms with Gasteiger partial charge in [0, 0.05) is 24.3 Å². The van der Waals surface area contributed by atoms with E-state index in [2.05, 4.69) is 20.3 Å². The average Bonchev–Trinajstić information content (AvgIpc) is 2.67. The number of amidine groups is 1. The normalized spacial score (nSPS) is 23.3. The average molecular weight is 452 g/mol. The molecule has 1 fully saturated rings. The first-order valence-corrected chi connectivity index (χ1v) is 9.79. The van der Waals surface area contributed by atoms with E-state index in [9.17, 15) is 22.4 Å². The second-order valence-corrected chi connectivity index (χ2v) is 7.73. The van der Waals surface area contributed by atoms with Crippen LogP contribution >= 0.6 is 0 Å². The first-order valence-electron chi connectivity index (χ1n) is 9.79. The van der Waals surface area contributed by atoms with Gasteiger partial charge >= 0.3 is 6.18 Å². The molecule has 1 aromatic heterocycles. The van der Waals surface area contributed by atoms with Crippen molar-refractivity contribution in [3.63, 3.8) is 0 Å². The maximum atomic E-state index is 14.6. The lowest BCUT2D eigenvalue weighted by Crippen LogP contribution is -2.53. The Morgan fingerprint density at radius 3 is 2.62 bits per heavy atom. The molecule has 8 nitrogen and oxygen atoms in total. The summed E-state index contributed by atoms with van der Waals surface area (Å²) in [7, 11) is 0. The highest BCUT2D eigenvalue weighted by Gasteiger charge is 2.56. The van der Waals surface area contributed by atoms with Crippen molar-refractivity contribution in [1.29, 1.82) is 0 Å². The molecule has 4 rings (SSSR count). The Kier molecular flexibility index (Phi) is 5.49. The number of halogens is 4. The molecule has 2 aromatic rings. The van der Waals surface area contributed by atoms with E-state index in [1.165, 1.54) is 18.5 Å². The molecule has 0 aliphatic carbocycles. The fourth-order valence-corrected chi connectivity index (χ4v) is 3.67. The highest BCUT2D eigenvalue weighted by molar-refractivity contribution is 6.02. The molecule has 12 heteroatoms. The van der Waals surface area contributed by atoms with Gasteiger partial charge in [-0.05, 0) is 31.5 Å². The number of nitrogens with two attached hydrogens (primary N) is 1. The minimum Gasteiger partial charge on any atom is -0.386 e. The lowest BCUT2D eigenvalue weighted by Gasteiger charge is -2.39. The summed E-state index contributed by atoms with van der Waals surface area (Å²) in [5.74, 6) is -1.14. The van der Waals surface area contributed by atoms with Gasteiger partial charge in [-0.3, -0.25) is 9.79 Å². The summed E-state index contributed by atoms with van der Waals surface area (Å²) >= 11 is 0. The van der Waals surface area contributed by atoms with Gasteiger partial charge in [-0.2, -0.15) is 13.2 Å². The van der Waals surface area contributed by atoms with Gasteiger partial charge in [0.1, 0.15) is 35.3 Å². The van der Waals surface area contributed by atoms with Gasteiger partial charge in [-0.25, -0.2) is 14.4 Å². The number of amides is 1. The second kappa shape index (κ2) is 8.01. The van der Waals surface area contributed by atoms with Crippen molar-refractivity contribution in [2.45, 2.75) is 31.2 Å². The van der Waals surface area contributed by atoms with Gasteiger partial charge in [-0.15, -0.1) is 0 Å². The Balaban J connectivity index is 1.60. The number of alkyl halides is 3. The Bertz CT molecular complexity index is 1060. The number of nitrogens with zero attached hydrogens (tertiary/aromatic N) is 4. The van der Waals surface area contributed by atoms with E-state index < -0.39 is 41.7 Å². The molecule has 2 aliphatic rings. The highest BCUT2D eigenvalue weighted by atomic mass is 19.4. The van der Waals surface area contributed by atoms with E-state index in [0.29, 0.717) is 5.82 Å². The van der Waals surface area contributed by atoms with Gasteiger partial charge in [0.15, 0.2) is 6.10 Å². The smallest absolute Gasteiger partial charge is 0.386 e. The summed E-state index contributed by atoms with van der Waals surface area (Å²) in [5.41, 5.74) is 3.06. The first kappa shape index (κ1) is 21.9. The Labute approximate surface area is 180 Å². The van der Waals surface area contributed by atoms with Crippen LogP contribution in [0.1, 0.15) is 29.4 Å². The molecule has 0 saturated carbocycles. The molecule has 170 valence electrons. The van der Waals surface area contributed by atoms with Gasteiger partial charge in [-0.1, -0.05) is 0 Å². The molecule has 0 spiro atoms. The van der Waals surface area contributed by atoms with Crippen LogP contribution in [0.5, 0.6) is 0 Å². The van der Waals surface area contributed by atoms with Crippen molar-refractivity contribution < 1.29 is 27.1 Å². The molecule has 0 bridgehead atoms. The maximum Gasteiger partial charge on any atom is 0.417 e. The van der Waals surface area contributed by atoms with Crippen LogP contribution in [0.4, 0.5) is 29.1 Å². The zero-order valence-electron chi connectivity index (χ0n) is 17.0. The number of aliphatic imine (C=N–C) groups is 1. The largest absolute Gasteiger partial charge is 0.417 e. The van der Waals surface area contributed by atoms with E-state index in [4.69, 9.17) is 10.5 Å². The lowest BCUT2D eigenvalue weighted by atomic mass is 9.84. The molecule has 2 atom stereocenters. The minimum atomic E-state index is -4.82. The van der Waals surface area contributed by atoms with Crippen LogP contribution in [0.15, 0.2) is 35.6 Å². The molecule has 32 heavy (non-hydrogen) atoms. The standard InChI is InChI=1S/C20H20F4N6O2/c1-19(18(20(22,23)24)32-10-15(25)29-19)12-7-11(3-4-13(12)21)28-17(31)14-8-27-16(9-26-14)30-5-2-6-30/h3-4,7-9,18H,2,5-6,10H2,1H3,(H2,25,29)(H,28,31)/t18-,19-/m1/s1. The highest BCUT2D eigenvalue weighted by Crippen LogP contribution is 2.43. The molecule has 1 aromatic carbocycles. The number of nitrogens with one attached hydrogen (secondary N) is 1. The predicted molar refractivity (Wildman–Crippen MR) is 108 cm³/mol. The van der Waals surface area contributed by atoms with Gasteiger partial charge in [0.25, 0.3) is 5.91 Å². The molecular formula is C20H20F4N6O2. The molecule has 0 radical (unpaired) electrons. The van der Waals surface area contributed by atoms with E-state index in [1.54, 1.807) is 0 Å². The quantitative estimate of drug-likeness (QED) is 0.691. The van der Waals surface area contributed by atoms with E-state index >= 15 is 0 Å². The van der Waals surface area contributed by atoms with Gasteiger partial charge in [0.2, 0.25) is 0 Å². The third-order valence-corrected chi connectivity index (χ3v) is 5.40. The zero-order valence-corrected chi connectivity index (χ0v) is 17.0. The molecule has 1 saturated heterocycles. The van der Waals surface area contributed by atoms with Crippen LogP contribution in [-0.4, -0.2) is 53.7 Å². The predicted octanol–water partition coefficient (Wildman–Crippen LogP) is 2.61. The number of benzene rings is 1. The minimum absolute atomic E-state index is 0.00259. The summed E-state index contributed by atoms with van der Waals surface area (Å²) in [4.78, 5) is 26.7. The van der Waals surface area contributed by atoms with Gasteiger partial charge in [0.05, 0.1) is 12.4 Å². The van der Waals surface area contributed by atoms with Gasteiger partial charge < -0.3 is 20.7 Å².